The zero-order valence-corrected chi connectivity index (χ0v) is 13.8. The maximum absolute atomic E-state index is 12.0. The predicted molar refractivity (Wildman–Crippen MR) is 84.4 cm³/mol. The topological polar surface area (TPSA) is 93.1 Å². The lowest BCUT2D eigenvalue weighted by Gasteiger charge is -2.10. The first-order valence-electron chi connectivity index (χ1n) is 6.88. The van der Waals surface area contributed by atoms with Crippen LogP contribution in [0.25, 0.3) is 0 Å². The third kappa shape index (κ3) is 5.64. The number of rotatable bonds is 9. The van der Waals surface area contributed by atoms with Crippen molar-refractivity contribution in [3.63, 3.8) is 0 Å². The van der Waals surface area contributed by atoms with Crippen LogP contribution in [-0.2, 0) is 16.6 Å². The minimum absolute atomic E-state index is 0.0296. The Morgan fingerprint density at radius 2 is 2.10 bits per heavy atom. The van der Waals surface area contributed by atoms with E-state index < -0.39 is 10.0 Å². The van der Waals surface area contributed by atoms with Gasteiger partial charge in [0.15, 0.2) is 0 Å². The summed E-state index contributed by atoms with van der Waals surface area (Å²) in [5.74, 6) is -0.101. The second-order valence-corrected chi connectivity index (χ2v) is 6.80. The van der Waals surface area contributed by atoms with E-state index in [0.717, 1.165) is 12.8 Å². The minimum atomic E-state index is -3.30. The van der Waals surface area contributed by atoms with Crippen LogP contribution in [0.2, 0.25) is 5.02 Å². The third-order valence-electron chi connectivity index (χ3n) is 2.76. The molecule has 0 radical (unpaired) electrons. The standard InChI is InChI=1S/C12H21ClN4O3S/c1-3-5-7-17-12(18)11(13)10(9-15-17)14-6-8-21(19,20)16-4-2/h9,14,16H,3-8H2,1-2H3. The first-order valence-corrected chi connectivity index (χ1v) is 8.91. The van der Waals surface area contributed by atoms with E-state index in [-0.39, 0.29) is 22.9 Å². The van der Waals surface area contributed by atoms with Gasteiger partial charge in [0, 0.05) is 19.6 Å². The fourth-order valence-corrected chi connectivity index (χ4v) is 2.84. The van der Waals surface area contributed by atoms with Crippen LogP contribution < -0.4 is 15.6 Å². The summed E-state index contributed by atoms with van der Waals surface area (Å²) in [6.07, 6.45) is 3.24. The van der Waals surface area contributed by atoms with Crippen LogP contribution in [0.5, 0.6) is 0 Å². The van der Waals surface area contributed by atoms with E-state index in [1.165, 1.54) is 10.9 Å². The van der Waals surface area contributed by atoms with E-state index in [1.54, 1.807) is 6.92 Å². The Hall–Kier alpha value is -1.12. The molecule has 0 amide bonds. The molecular formula is C12H21ClN4O3S. The lowest BCUT2D eigenvalue weighted by molar-refractivity contribution is 0.543. The van der Waals surface area contributed by atoms with E-state index in [4.69, 9.17) is 11.6 Å². The van der Waals surface area contributed by atoms with Crippen molar-refractivity contribution in [3.05, 3.63) is 21.6 Å². The molecule has 0 aliphatic carbocycles. The summed E-state index contributed by atoms with van der Waals surface area (Å²) in [7, 11) is -3.30. The van der Waals surface area contributed by atoms with Gasteiger partial charge in [-0.15, -0.1) is 0 Å². The minimum Gasteiger partial charge on any atom is -0.381 e. The van der Waals surface area contributed by atoms with Crippen LogP contribution >= 0.6 is 11.6 Å². The molecule has 9 heteroatoms. The molecule has 0 saturated heterocycles. The largest absolute Gasteiger partial charge is 0.381 e. The van der Waals surface area contributed by atoms with Gasteiger partial charge < -0.3 is 5.32 Å². The van der Waals surface area contributed by atoms with Crippen molar-refractivity contribution in [2.45, 2.75) is 33.2 Å². The highest BCUT2D eigenvalue weighted by atomic mass is 35.5. The predicted octanol–water partition coefficient (Wildman–Crippen LogP) is 1.05. The van der Waals surface area contributed by atoms with Crippen molar-refractivity contribution in [1.29, 1.82) is 0 Å². The zero-order chi connectivity index (χ0) is 15.9. The van der Waals surface area contributed by atoms with Crippen LogP contribution in [-0.4, -0.2) is 37.0 Å². The monoisotopic (exact) mass is 336 g/mol. The average Bonchev–Trinajstić information content (AvgIpc) is 2.42. The molecule has 0 spiro atoms. The Morgan fingerprint density at radius 3 is 2.71 bits per heavy atom. The number of nitrogens with one attached hydrogen (secondary N) is 2. The van der Waals surface area contributed by atoms with Gasteiger partial charge in [0.1, 0.15) is 5.02 Å². The average molecular weight is 337 g/mol. The summed E-state index contributed by atoms with van der Waals surface area (Å²) >= 11 is 5.99. The molecule has 7 nitrogen and oxygen atoms in total. The van der Waals surface area contributed by atoms with Crippen LogP contribution in [0.4, 0.5) is 5.69 Å². The molecule has 0 bridgehead atoms. The number of sulfonamides is 1. The van der Waals surface area contributed by atoms with Gasteiger partial charge in [-0.2, -0.15) is 5.10 Å². The molecule has 0 aromatic carbocycles. The van der Waals surface area contributed by atoms with Crippen LogP contribution in [0, 0.1) is 0 Å². The van der Waals surface area contributed by atoms with Gasteiger partial charge in [0.25, 0.3) is 5.56 Å². The molecule has 0 aliphatic heterocycles. The van der Waals surface area contributed by atoms with Crippen LogP contribution in [0.1, 0.15) is 26.7 Å². The van der Waals surface area contributed by atoms with E-state index in [2.05, 4.69) is 15.1 Å². The van der Waals surface area contributed by atoms with Crippen LogP contribution in [0.15, 0.2) is 11.0 Å². The van der Waals surface area contributed by atoms with E-state index >= 15 is 0 Å². The SMILES string of the molecule is CCCCn1ncc(NCCS(=O)(=O)NCC)c(Cl)c1=O. The molecule has 1 heterocycles. The molecule has 0 atom stereocenters. The normalized spacial score (nSPS) is 11.6. The van der Waals surface area contributed by atoms with Gasteiger partial charge in [0.05, 0.1) is 17.6 Å². The van der Waals surface area contributed by atoms with Crippen molar-refractivity contribution in [3.8, 4) is 0 Å². The second kappa shape index (κ2) is 8.35. The summed E-state index contributed by atoms with van der Waals surface area (Å²) in [5, 5.41) is 6.87. The summed E-state index contributed by atoms with van der Waals surface area (Å²) < 4.78 is 26.7. The molecule has 0 aliphatic rings. The molecule has 0 saturated carbocycles. The molecule has 0 fully saturated rings. The lowest BCUT2D eigenvalue weighted by Crippen LogP contribution is -2.30. The molecule has 120 valence electrons. The third-order valence-corrected chi connectivity index (χ3v) is 4.59. The first kappa shape index (κ1) is 17.9. The number of aromatic nitrogens is 2. The van der Waals surface area contributed by atoms with Crippen LogP contribution in [0.3, 0.4) is 0 Å². The first-order chi connectivity index (χ1) is 9.91. The fourth-order valence-electron chi connectivity index (χ4n) is 1.67. The van der Waals surface area contributed by atoms with Crippen molar-refractivity contribution < 1.29 is 8.42 Å². The molecule has 1 aromatic heterocycles. The molecule has 2 N–H and O–H groups in total. The zero-order valence-electron chi connectivity index (χ0n) is 12.2. The molecule has 0 unspecified atom stereocenters. The number of hydrogen-bond donors (Lipinski definition) is 2. The highest BCUT2D eigenvalue weighted by molar-refractivity contribution is 7.89. The lowest BCUT2D eigenvalue weighted by atomic mass is 10.3. The second-order valence-electron chi connectivity index (χ2n) is 4.50. The Morgan fingerprint density at radius 1 is 1.38 bits per heavy atom. The van der Waals surface area contributed by atoms with Gasteiger partial charge in [-0.3, -0.25) is 4.79 Å². The Bertz CT molecular complexity index is 615. The van der Waals surface area contributed by atoms with E-state index in [1.807, 2.05) is 6.92 Å². The highest BCUT2D eigenvalue weighted by Crippen LogP contribution is 2.14. The number of nitrogens with zero attached hydrogens (tertiary/aromatic N) is 2. The van der Waals surface area contributed by atoms with Gasteiger partial charge in [0.2, 0.25) is 10.0 Å². The van der Waals surface area contributed by atoms with Crippen molar-refractivity contribution in [2.75, 3.05) is 24.2 Å². The molecule has 1 aromatic rings. The quantitative estimate of drug-likeness (QED) is 0.703. The van der Waals surface area contributed by atoms with E-state index in [9.17, 15) is 13.2 Å². The fraction of sp³-hybridized carbons (Fsp3) is 0.667. The molecule has 21 heavy (non-hydrogen) atoms. The van der Waals surface area contributed by atoms with Crippen molar-refractivity contribution in [2.24, 2.45) is 0 Å². The highest BCUT2D eigenvalue weighted by Gasteiger charge is 2.11. The van der Waals surface area contributed by atoms with Gasteiger partial charge in [-0.1, -0.05) is 31.9 Å². The van der Waals surface area contributed by atoms with Gasteiger partial charge in [-0.25, -0.2) is 17.8 Å². The van der Waals surface area contributed by atoms with Crippen molar-refractivity contribution >= 4 is 27.3 Å². The maximum Gasteiger partial charge on any atom is 0.287 e. The summed E-state index contributed by atoms with van der Waals surface area (Å²) in [5.41, 5.74) is -0.0224. The number of halogens is 1. The smallest absolute Gasteiger partial charge is 0.287 e. The number of anilines is 1. The Balaban J connectivity index is 2.69. The Labute approximate surface area is 129 Å². The summed E-state index contributed by atoms with van der Waals surface area (Å²) in [6, 6.07) is 0. The maximum atomic E-state index is 12.0. The van der Waals surface area contributed by atoms with Crippen molar-refractivity contribution in [1.82, 2.24) is 14.5 Å². The number of unbranched alkanes of at least 4 members (excludes halogenated alkanes) is 1. The Kier molecular flexibility index (Phi) is 7.13. The summed E-state index contributed by atoms with van der Waals surface area (Å²) in [6.45, 7) is 4.74. The van der Waals surface area contributed by atoms with E-state index in [0.29, 0.717) is 18.8 Å². The molecular weight excluding hydrogens is 316 g/mol. The number of hydrogen-bond acceptors (Lipinski definition) is 5. The molecule has 1 rings (SSSR count). The van der Waals surface area contributed by atoms with Gasteiger partial charge >= 0.3 is 0 Å². The van der Waals surface area contributed by atoms with Gasteiger partial charge in [-0.05, 0) is 6.42 Å². The summed E-state index contributed by atoms with van der Waals surface area (Å²) in [4.78, 5) is 12.0. The number of aryl methyl sites for hydroxylation is 1.